The standard InChI is InChI=1S/C13H24N2O3/c1-2-8-15(9-7-13(17)18)10-12(16)14-11-5-3-4-6-11/h11H,2-10H2,1H3,(H,14,16)(H,17,18). The van der Waals surface area contributed by atoms with Gasteiger partial charge in [0.25, 0.3) is 0 Å². The number of aliphatic carboxylic acids is 1. The van der Waals surface area contributed by atoms with Gasteiger partial charge in [-0.2, -0.15) is 0 Å². The number of carboxylic acids is 1. The molecule has 0 aromatic carbocycles. The van der Waals surface area contributed by atoms with Crippen LogP contribution in [0.3, 0.4) is 0 Å². The minimum Gasteiger partial charge on any atom is -0.481 e. The predicted molar refractivity (Wildman–Crippen MR) is 69.4 cm³/mol. The average Bonchev–Trinajstić information content (AvgIpc) is 2.78. The van der Waals surface area contributed by atoms with Gasteiger partial charge >= 0.3 is 5.97 Å². The second-order valence-electron chi connectivity index (χ2n) is 4.97. The molecule has 1 amide bonds. The van der Waals surface area contributed by atoms with Crippen molar-refractivity contribution in [3.63, 3.8) is 0 Å². The zero-order chi connectivity index (χ0) is 13.4. The van der Waals surface area contributed by atoms with E-state index in [0.29, 0.717) is 19.1 Å². The zero-order valence-electron chi connectivity index (χ0n) is 11.2. The van der Waals surface area contributed by atoms with Gasteiger partial charge in [0.2, 0.25) is 5.91 Å². The molecule has 0 aliphatic heterocycles. The van der Waals surface area contributed by atoms with Crippen LogP contribution in [-0.4, -0.2) is 47.6 Å². The summed E-state index contributed by atoms with van der Waals surface area (Å²) in [5.41, 5.74) is 0. The Morgan fingerprint density at radius 2 is 1.94 bits per heavy atom. The van der Waals surface area contributed by atoms with E-state index < -0.39 is 5.97 Å². The molecule has 1 aliphatic carbocycles. The molecule has 0 unspecified atom stereocenters. The van der Waals surface area contributed by atoms with Crippen molar-refractivity contribution in [3.8, 4) is 0 Å². The van der Waals surface area contributed by atoms with Crippen molar-refractivity contribution in [2.75, 3.05) is 19.6 Å². The van der Waals surface area contributed by atoms with Crippen LogP contribution < -0.4 is 5.32 Å². The van der Waals surface area contributed by atoms with Crippen LogP contribution in [0.5, 0.6) is 0 Å². The Hall–Kier alpha value is -1.10. The fourth-order valence-corrected chi connectivity index (χ4v) is 2.39. The molecule has 0 heterocycles. The van der Waals surface area contributed by atoms with Gasteiger partial charge in [-0.05, 0) is 25.8 Å². The van der Waals surface area contributed by atoms with E-state index in [1.54, 1.807) is 0 Å². The fourth-order valence-electron chi connectivity index (χ4n) is 2.39. The number of nitrogens with zero attached hydrogens (tertiary/aromatic N) is 1. The molecule has 1 aliphatic rings. The summed E-state index contributed by atoms with van der Waals surface area (Å²) in [5, 5.41) is 11.7. The molecule has 1 saturated carbocycles. The van der Waals surface area contributed by atoms with Gasteiger partial charge in [0.1, 0.15) is 0 Å². The molecular formula is C13H24N2O3. The SMILES string of the molecule is CCCN(CCC(=O)O)CC(=O)NC1CCCC1. The van der Waals surface area contributed by atoms with Crippen molar-refractivity contribution in [1.29, 1.82) is 0 Å². The molecule has 2 N–H and O–H groups in total. The van der Waals surface area contributed by atoms with Gasteiger partial charge in [-0.1, -0.05) is 19.8 Å². The molecule has 0 atom stereocenters. The fraction of sp³-hybridized carbons (Fsp3) is 0.846. The second kappa shape index (κ2) is 8.08. The van der Waals surface area contributed by atoms with E-state index in [1.165, 1.54) is 12.8 Å². The van der Waals surface area contributed by atoms with Crippen LogP contribution in [0.2, 0.25) is 0 Å². The summed E-state index contributed by atoms with van der Waals surface area (Å²) >= 11 is 0. The van der Waals surface area contributed by atoms with E-state index in [1.807, 2.05) is 11.8 Å². The number of rotatable bonds is 8. The van der Waals surface area contributed by atoms with Gasteiger partial charge in [-0.3, -0.25) is 14.5 Å². The summed E-state index contributed by atoms with van der Waals surface area (Å²) < 4.78 is 0. The maximum atomic E-state index is 11.8. The van der Waals surface area contributed by atoms with Gasteiger partial charge in [-0.25, -0.2) is 0 Å². The van der Waals surface area contributed by atoms with E-state index in [4.69, 9.17) is 5.11 Å². The maximum Gasteiger partial charge on any atom is 0.304 e. The molecule has 1 rings (SSSR count). The van der Waals surface area contributed by atoms with Gasteiger partial charge in [0.15, 0.2) is 0 Å². The second-order valence-corrected chi connectivity index (χ2v) is 4.97. The van der Waals surface area contributed by atoms with Crippen LogP contribution in [0.4, 0.5) is 0 Å². The van der Waals surface area contributed by atoms with Gasteiger partial charge in [-0.15, -0.1) is 0 Å². The molecule has 0 saturated heterocycles. The summed E-state index contributed by atoms with van der Waals surface area (Å²) in [4.78, 5) is 24.3. The Morgan fingerprint density at radius 3 is 2.50 bits per heavy atom. The molecule has 1 fully saturated rings. The number of carbonyl (C=O) groups is 2. The van der Waals surface area contributed by atoms with Crippen molar-refractivity contribution < 1.29 is 14.7 Å². The highest BCUT2D eigenvalue weighted by Gasteiger charge is 2.18. The third-order valence-electron chi connectivity index (χ3n) is 3.27. The van der Waals surface area contributed by atoms with Crippen LogP contribution >= 0.6 is 0 Å². The largest absolute Gasteiger partial charge is 0.481 e. The third-order valence-corrected chi connectivity index (χ3v) is 3.27. The van der Waals surface area contributed by atoms with Crippen molar-refractivity contribution in [2.45, 2.75) is 51.5 Å². The highest BCUT2D eigenvalue weighted by Crippen LogP contribution is 2.17. The monoisotopic (exact) mass is 256 g/mol. The van der Waals surface area contributed by atoms with Gasteiger partial charge in [0.05, 0.1) is 13.0 Å². The first kappa shape index (κ1) is 15.0. The number of amides is 1. The normalized spacial score (nSPS) is 16.1. The maximum absolute atomic E-state index is 11.8. The highest BCUT2D eigenvalue weighted by atomic mass is 16.4. The van der Waals surface area contributed by atoms with Crippen molar-refractivity contribution >= 4 is 11.9 Å². The van der Waals surface area contributed by atoms with Crippen molar-refractivity contribution in [1.82, 2.24) is 10.2 Å². The van der Waals surface area contributed by atoms with E-state index in [0.717, 1.165) is 25.8 Å². The molecule has 104 valence electrons. The lowest BCUT2D eigenvalue weighted by molar-refractivity contribution is -0.137. The molecule has 18 heavy (non-hydrogen) atoms. The molecule has 0 spiro atoms. The molecule has 0 aromatic rings. The van der Waals surface area contributed by atoms with Crippen LogP contribution in [0, 0.1) is 0 Å². The first-order valence-electron chi connectivity index (χ1n) is 6.85. The minimum atomic E-state index is -0.813. The molecule has 5 nitrogen and oxygen atoms in total. The lowest BCUT2D eigenvalue weighted by atomic mass is 10.2. The Labute approximate surface area is 109 Å². The molecule has 0 radical (unpaired) electrons. The van der Waals surface area contributed by atoms with Crippen LogP contribution in [-0.2, 0) is 9.59 Å². The highest BCUT2D eigenvalue weighted by molar-refractivity contribution is 5.78. The lowest BCUT2D eigenvalue weighted by Gasteiger charge is -2.21. The van der Waals surface area contributed by atoms with Crippen LogP contribution in [0.25, 0.3) is 0 Å². The summed E-state index contributed by atoms with van der Waals surface area (Å²) in [6.45, 7) is 3.56. The molecule has 5 heteroatoms. The number of nitrogens with one attached hydrogen (secondary N) is 1. The Kier molecular flexibility index (Phi) is 6.72. The van der Waals surface area contributed by atoms with Crippen molar-refractivity contribution in [2.24, 2.45) is 0 Å². The van der Waals surface area contributed by atoms with Gasteiger partial charge < -0.3 is 10.4 Å². The number of carboxylic acid groups (broad SMARTS) is 1. The van der Waals surface area contributed by atoms with Crippen LogP contribution in [0.15, 0.2) is 0 Å². The smallest absolute Gasteiger partial charge is 0.304 e. The molecule has 0 bridgehead atoms. The Balaban J connectivity index is 2.29. The number of hydrogen-bond donors (Lipinski definition) is 2. The van der Waals surface area contributed by atoms with E-state index in [-0.39, 0.29) is 12.3 Å². The van der Waals surface area contributed by atoms with E-state index in [9.17, 15) is 9.59 Å². The summed E-state index contributed by atoms with van der Waals surface area (Å²) in [7, 11) is 0. The third kappa shape index (κ3) is 6.00. The minimum absolute atomic E-state index is 0.0285. The zero-order valence-corrected chi connectivity index (χ0v) is 11.2. The van der Waals surface area contributed by atoms with E-state index in [2.05, 4.69) is 5.32 Å². The van der Waals surface area contributed by atoms with Crippen molar-refractivity contribution in [3.05, 3.63) is 0 Å². The van der Waals surface area contributed by atoms with E-state index >= 15 is 0 Å². The predicted octanol–water partition coefficient (Wildman–Crippen LogP) is 1.23. The van der Waals surface area contributed by atoms with Gasteiger partial charge in [0, 0.05) is 12.6 Å². The Bertz CT molecular complexity index is 275. The number of carbonyl (C=O) groups excluding carboxylic acids is 1. The molecular weight excluding hydrogens is 232 g/mol. The summed E-state index contributed by atoms with van der Waals surface area (Å²) in [5.74, 6) is -0.784. The topological polar surface area (TPSA) is 69.6 Å². The molecule has 0 aromatic heterocycles. The first-order chi connectivity index (χ1) is 8.61. The lowest BCUT2D eigenvalue weighted by Crippen LogP contribution is -2.42. The number of hydrogen-bond acceptors (Lipinski definition) is 3. The summed E-state index contributed by atoms with van der Waals surface area (Å²) in [6.07, 6.45) is 5.57. The Morgan fingerprint density at radius 1 is 1.28 bits per heavy atom. The summed E-state index contributed by atoms with van der Waals surface area (Å²) in [6, 6.07) is 0.334. The van der Waals surface area contributed by atoms with Crippen LogP contribution in [0.1, 0.15) is 45.4 Å². The first-order valence-corrected chi connectivity index (χ1v) is 6.85. The quantitative estimate of drug-likeness (QED) is 0.685. The average molecular weight is 256 g/mol.